The van der Waals surface area contributed by atoms with Crippen LogP contribution in [0.1, 0.15) is 12.5 Å². The van der Waals surface area contributed by atoms with Gasteiger partial charge in [-0.3, -0.25) is 4.68 Å². The number of nitrogens with zero attached hydrogens (tertiary/aromatic N) is 5. The molecule has 0 aliphatic heterocycles. The maximum absolute atomic E-state index is 5.47. The van der Waals surface area contributed by atoms with Gasteiger partial charge in [-0.05, 0) is 24.6 Å². The van der Waals surface area contributed by atoms with Gasteiger partial charge in [-0.1, -0.05) is 12.1 Å². The molecule has 1 aromatic carbocycles. The second-order valence-electron chi connectivity index (χ2n) is 5.14. The van der Waals surface area contributed by atoms with E-state index >= 15 is 0 Å². The van der Waals surface area contributed by atoms with Crippen molar-refractivity contribution in [2.75, 3.05) is 18.6 Å². The molecule has 6 nitrogen and oxygen atoms in total. The molecule has 0 N–H and O–H groups in total. The fourth-order valence-electron chi connectivity index (χ4n) is 2.46. The molecule has 0 bridgehead atoms. The van der Waals surface area contributed by atoms with E-state index in [0.29, 0.717) is 6.61 Å². The highest BCUT2D eigenvalue weighted by Gasteiger charge is 2.12. The predicted octanol–water partition coefficient (Wildman–Crippen LogP) is 2.40. The van der Waals surface area contributed by atoms with E-state index in [9.17, 15) is 0 Å². The van der Waals surface area contributed by atoms with Gasteiger partial charge >= 0.3 is 0 Å². The molecule has 114 valence electrons. The van der Waals surface area contributed by atoms with E-state index in [1.165, 1.54) is 5.56 Å². The molecule has 0 radical (unpaired) electrons. The Kier molecular flexibility index (Phi) is 3.91. The van der Waals surface area contributed by atoms with Gasteiger partial charge in [0.2, 0.25) is 0 Å². The van der Waals surface area contributed by atoms with E-state index < -0.39 is 0 Å². The van der Waals surface area contributed by atoms with Crippen molar-refractivity contribution in [1.29, 1.82) is 0 Å². The smallest absolute Gasteiger partial charge is 0.163 e. The lowest BCUT2D eigenvalue weighted by atomic mass is 10.2. The van der Waals surface area contributed by atoms with Crippen molar-refractivity contribution in [1.82, 2.24) is 19.7 Å². The van der Waals surface area contributed by atoms with Gasteiger partial charge in [-0.2, -0.15) is 5.10 Å². The van der Waals surface area contributed by atoms with Crippen LogP contribution in [0.5, 0.6) is 5.75 Å². The molecule has 0 aliphatic rings. The molecule has 0 fully saturated rings. The fraction of sp³-hybridized carbons (Fsp3) is 0.312. The van der Waals surface area contributed by atoms with E-state index in [2.05, 4.69) is 32.1 Å². The minimum absolute atomic E-state index is 0.680. The number of ether oxygens (including phenoxy) is 1. The largest absolute Gasteiger partial charge is 0.494 e. The van der Waals surface area contributed by atoms with Crippen LogP contribution in [-0.2, 0) is 13.6 Å². The molecular weight excluding hydrogens is 278 g/mol. The zero-order valence-corrected chi connectivity index (χ0v) is 13.0. The SMILES string of the molecule is CCOc1ccc(CN(C)c2ncnc3c2cnn3C)cc1. The molecule has 3 aromatic rings. The summed E-state index contributed by atoms with van der Waals surface area (Å²) >= 11 is 0. The van der Waals surface area contributed by atoms with Crippen molar-refractivity contribution in [3.63, 3.8) is 0 Å². The second kappa shape index (κ2) is 6.01. The molecule has 2 heterocycles. The first-order chi connectivity index (χ1) is 10.7. The summed E-state index contributed by atoms with van der Waals surface area (Å²) in [7, 11) is 3.90. The quantitative estimate of drug-likeness (QED) is 0.724. The number of anilines is 1. The Balaban J connectivity index is 1.82. The number of aryl methyl sites for hydroxylation is 1. The summed E-state index contributed by atoms with van der Waals surface area (Å²) in [4.78, 5) is 10.8. The molecule has 0 amide bonds. The maximum atomic E-state index is 5.47. The zero-order valence-electron chi connectivity index (χ0n) is 13.0. The Morgan fingerprint density at radius 3 is 2.68 bits per heavy atom. The molecule has 2 aromatic heterocycles. The van der Waals surface area contributed by atoms with Crippen LogP contribution in [0.3, 0.4) is 0 Å². The average Bonchev–Trinajstić information content (AvgIpc) is 2.91. The summed E-state index contributed by atoms with van der Waals surface area (Å²) < 4.78 is 7.22. The van der Waals surface area contributed by atoms with Crippen LogP contribution in [0, 0.1) is 0 Å². The van der Waals surface area contributed by atoms with Crippen molar-refractivity contribution in [3.8, 4) is 5.75 Å². The van der Waals surface area contributed by atoms with Gasteiger partial charge < -0.3 is 9.64 Å². The van der Waals surface area contributed by atoms with Gasteiger partial charge in [0.05, 0.1) is 18.2 Å². The number of hydrogen-bond acceptors (Lipinski definition) is 5. The van der Waals surface area contributed by atoms with Crippen LogP contribution in [0.4, 0.5) is 5.82 Å². The Labute approximate surface area is 129 Å². The lowest BCUT2D eigenvalue weighted by Gasteiger charge is -2.18. The topological polar surface area (TPSA) is 56.1 Å². The van der Waals surface area contributed by atoms with Gasteiger partial charge in [0, 0.05) is 20.6 Å². The first kappa shape index (κ1) is 14.3. The number of aromatic nitrogens is 4. The van der Waals surface area contributed by atoms with E-state index in [0.717, 1.165) is 29.1 Å². The summed E-state index contributed by atoms with van der Waals surface area (Å²) in [5.74, 6) is 1.78. The standard InChI is InChI=1S/C16H19N5O/c1-4-22-13-7-5-12(6-8-13)10-20(2)15-14-9-19-21(3)16(14)18-11-17-15/h5-9,11H,4,10H2,1-3H3. The summed E-state index contributed by atoms with van der Waals surface area (Å²) in [6, 6.07) is 8.13. The molecule has 0 saturated carbocycles. The van der Waals surface area contributed by atoms with Crippen LogP contribution in [0.25, 0.3) is 11.0 Å². The van der Waals surface area contributed by atoms with Gasteiger partial charge in [0.1, 0.15) is 17.9 Å². The Morgan fingerprint density at radius 1 is 1.18 bits per heavy atom. The highest BCUT2D eigenvalue weighted by atomic mass is 16.5. The lowest BCUT2D eigenvalue weighted by molar-refractivity contribution is 0.340. The predicted molar refractivity (Wildman–Crippen MR) is 86.0 cm³/mol. The van der Waals surface area contributed by atoms with Crippen molar-refractivity contribution in [2.45, 2.75) is 13.5 Å². The summed E-state index contributed by atoms with van der Waals surface area (Å²) in [5.41, 5.74) is 2.03. The van der Waals surface area contributed by atoms with Crippen LogP contribution >= 0.6 is 0 Å². The fourth-order valence-corrected chi connectivity index (χ4v) is 2.46. The monoisotopic (exact) mass is 297 g/mol. The highest BCUT2D eigenvalue weighted by Crippen LogP contribution is 2.23. The molecular formula is C16H19N5O. The lowest BCUT2D eigenvalue weighted by Crippen LogP contribution is -2.18. The van der Waals surface area contributed by atoms with Gasteiger partial charge in [-0.15, -0.1) is 0 Å². The van der Waals surface area contributed by atoms with E-state index in [1.54, 1.807) is 17.2 Å². The van der Waals surface area contributed by atoms with Crippen LogP contribution in [0.2, 0.25) is 0 Å². The molecule has 3 rings (SSSR count). The van der Waals surface area contributed by atoms with Gasteiger partial charge in [0.25, 0.3) is 0 Å². The molecule has 22 heavy (non-hydrogen) atoms. The summed E-state index contributed by atoms with van der Waals surface area (Å²) in [5, 5.41) is 5.21. The normalized spacial score (nSPS) is 10.9. The van der Waals surface area contributed by atoms with E-state index in [-0.39, 0.29) is 0 Å². The van der Waals surface area contributed by atoms with Crippen LogP contribution < -0.4 is 9.64 Å². The Morgan fingerprint density at radius 2 is 1.95 bits per heavy atom. The average molecular weight is 297 g/mol. The van der Waals surface area contributed by atoms with E-state index in [4.69, 9.17) is 4.74 Å². The first-order valence-electron chi connectivity index (χ1n) is 7.24. The van der Waals surface area contributed by atoms with Crippen molar-refractivity contribution < 1.29 is 4.74 Å². The Bertz CT molecular complexity index is 766. The minimum Gasteiger partial charge on any atom is -0.494 e. The molecule has 0 atom stereocenters. The zero-order chi connectivity index (χ0) is 15.5. The molecule has 0 saturated heterocycles. The molecule has 6 heteroatoms. The third kappa shape index (κ3) is 2.72. The van der Waals surface area contributed by atoms with Crippen LogP contribution in [0.15, 0.2) is 36.8 Å². The molecule has 0 spiro atoms. The Hall–Kier alpha value is -2.63. The summed E-state index contributed by atoms with van der Waals surface area (Å²) in [6.07, 6.45) is 3.38. The minimum atomic E-state index is 0.680. The van der Waals surface area contributed by atoms with Crippen molar-refractivity contribution >= 4 is 16.9 Å². The number of benzene rings is 1. The molecule has 0 unspecified atom stereocenters. The first-order valence-corrected chi connectivity index (χ1v) is 7.24. The molecule has 0 aliphatic carbocycles. The van der Waals surface area contributed by atoms with E-state index in [1.807, 2.05) is 33.2 Å². The highest BCUT2D eigenvalue weighted by molar-refractivity contribution is 5.86. The van der Waals surface area contributed by atoms with Gasteiger partial charge in [-0.25, -0.2) is 9.97 Å². The maximum Gasteiger partial charge on any atom is 0.163 e. The third-order valence-electron chi connectivity index (χ3n) is 3.52. The van der Waals surface area contributed by atoms with Gasteiger partial charge in [0.15, 0.2) is 5.65 Å². The van der Waals surface area contributed by atoms with Crippen LogP contribution in [-0.4, -0.2) is 33.4 Å². The third-order valence-corrected chi connectivity index (χ3v) is 3.52. The number of rotatable bonds is 5. The summed E-state index contributed by atoms with van der Waals surface area (Å²) in [6.45, 7) is 3.42. The number of hydrogen-bond donors (Lipinski definition) is 0. The van der Waals surface area contributed by atoms with Crippen molar-refractivity contribution in [2.24, 2.45) is 7.05 Å². The number of fused-ring (bicyclic) bond motifs is 1. The second-order valence-corrected chi connectivity index (χ2v) is 5.14. The van der Waals surface area contributed by atoms with Crippen molar-refractivity contribution in [3.05, 3.63) is 42.4 Å².